The molecule has 1 atom stereocenters. The second-order valence-electron chi connectivity index (χ2n) is 8.04. The van der Waals surface area contributed by atoms with Crippen LogP contribution in [0.1, 0.15) is 28.8 Å². The molecule has 13 nitrogen and oxygen atoms in total. The number of fused-ring (bicyclic) bond motifs is 1. The number of amides is 4. The molecule has 1 saturated heterocycles. The van der Waals surface area contributed by atoms with Crippen molar-refractivity contribution in [3.63, 3.8) is 0 Å². The van der Waals surface area contributed by atoms with Gasteiger partial charge in [0.1, 0.15) is 12.8 Å². The van der Waals surface area contributed by atoms with Gasteiger partial charge in [0, 0.05) is 31.1 Å². The Balaban J connectivity index is 1.49. The third-order valence-electron chi connectivity index (χ3n) is 5.66. The normalized spacial score (nSPS) is 17.0. The molecule has 37 heavy (non-hydrogen) atoms. The highest BCUT2D eigenvalue weighted by atomic mass is 35.5. The fourth-order valence-corrected chi connectivity index (χ4v) is 4.17. The lowest BCUT2D eigenvalue weighted by atomic mass is 10.0. The molecule has 14 heteroatoms. The molecule has 1 aromatic carbocycles. The Hall–Kier alpha value is -2.97. The van der Waals surface area contributed by atoms with Gasteiger partial charge in [-0.15, -0.1) is 0 Å². The van der Waals surface area contributed by atoms with Crippen molar-refractivity contribution in [2.45, 2.75) is 25.4 Å². The highest BCUT2D eigenvalue weighted by Crippen LogP contribution is 2.43. The molecule has 1 aromatic rings. The number of aliphatic hydroxyl groups excluding tert-OH is 1. The number of ether oxygens (including phenoxy) is 5. The summed E-state index contributed by atoms with van der Waals surface area (Å²) in [6, 6.07) is 0.658. The highest BCUT2D eigenvalue weighted by Gasteiger charge is 2.42. The van der Waals surface area contributed by atoms with Crippen molar-refractivity contribution >= 4 is 35.2 Å². The molecule has 2 aliphatic heterocycles. The Morgan fingerprint density at radius 1 is 1.16 bits per heavy atom. The number of aliphatic hydroxyl groups is 1. The number of hydrogen-bond acceptors (Lipinski definition) is 10. The summed E-state index contributed by atoms with van der Waals surface area (Å²) in [6.07, 6.45) is 0.342. The summed E-state index contributed by atoms with van der Waals surface area (Å²) in [5.74, 6) is -1.59. The van der Waals surface area contributed by atoms with Crippen LogP contribution in [0.4, 0.5) is 0 Å². The number of carbonyl (C=O) groups is 4. The van der Waals surface area contributed by atoms with E-state index in [1.165, 1.54) is 18.1 Å². The first-order chi connectivity index (χ1) is 17.9. The minimum absolute atomic E-state index is 0.0812. The molecule has 0 aromatic heterocycles. The van der Waals surface area contributed by atoms with Crippen LogP contribution in [0.5, 0.6) is 11.5 Å². The van der Waals surface area contributed by atoms with Gasteiger partial charge in [-0.25, -0.2) is 0 Å². The van der Waals surface area contributed by atoms with Crippen LogP contribution in [-0.2, 0) is 35.1 Å². The van der Waals surface area contributed by atoms with E-state index in [2.05, 4.69) is 10.6 Å². The molecule has 0 aliphatic carbocycles. The first-order valence-corrected chi connectivity index (χ1v) is 12.0. The van der Waals surface area contributed by atoms with Crippen molar-refractivity contribution in [1.82, 2.24) is 15.5 Å². The van der Waals surface area contributed by atoms with Crippen LogP contribution in [0.3, 0.4) is 0 Å². The van der Waals surface area contributed by atoms with E-state index in [1.807, 2.05) is 0 Å². The lowest BCUT2D eigenvalue weighted by Gasteiger charge is -2.29. The summed E-state index contributed by atoms with van der Waals surface area (Å²) < 4.78 is 26.3. The maximum atomic E-state index is 13.2. The van der Waals surface area contributed by atoms with Crippen LogP contribution in [0.15, 0.2) is 6.07 Å². The Labute approximate surface area is 218 Å². The lowest BCUT2D eigenvalue weighted by molar-refractivity contribution is -0.137. The average Bonchev–Trinajstić information content (AvgIpc) is 3.21. The van der Waals surface area contributed by atoms with Gasteiger partial charge in [-0.3, -0.25) is 24.5 Å². The minimum Gasteiger partial charge on any atom is -0.492 e. The predicted molar refractivity (Wildman–Crippen MR) is 127 cm³/mol. The van der Waals surface area contributed by atoms with Gasteiger partial charge < -0.3 is 39.0 Å². The SMILES string of the molecule is COc1c(OCC(=O)NCCOCCOCCOCO)cc(Cl)c2c1C(=O)N(C1CCC(=O)NC1=O)C2. The van der Waals surface area contributed by atoms with Gasteiger partial charge in [0.15, 0.2) is 18.1 Å². The van der Waals surface area contributed by atoms with E-state index in [-0.39, 0.29) is 73.9 Å². The summed E-state index contributed by atoms with van der Waals surface area (Å²) in [7, 11) is 1.36. The quantitative estimate of drug-likeness (QED) is 0.151. The van der Waals surface area contributed by atoms with Gasteiger partial charge >= 0.3 is 0 Å². The van der Waals surface area contributed by atoms with E-state index in [9.17, 15) is 19.2 Å². The maximum absolute atomic E-state index is 13.2. The van der Waals surface area contributed by atoms with E-state index in [0.717, 1.165) is 0 Å². The topological polar surface area (TPSA) is 162 Å². The second-order valence-corrected chi connectivity index (χ2v) is 8.45. The largest absolute Gasteiger partial charge is 0.492 e. The third-order valence-corrected chi connectivity index (χ3v) is 5.99. The summed E-state index contributed by atoms with van der Waals surface area (Å²) in [4.78, 5) is 50.5. The standard InChI is InChI=1S/C23H30ClN3O10/c1-33-21-17(37-12-19(30)25-4-5-34-6-7-35-8-9-36-13-28)10-15(24)14-11-27(23(32)20(14)21)16-2-3-18(29)26-22(16)31/h10,16,28H,2-9,11-13H2,1H3,(H,25,30)(H,26,29,31). The van der Waals surface area contributed by atoms with Gasteiger partial charge in [-0.2, -0.15) is 0 Å². The van der Waals surface area contributed by atoms with E-state index >= 15 is 0 Å². The van der Waals surface area contributed by atoms with Crippen LogP contribution >= 0.6 is 11.6 Å². The number of rotatable bonds is 15. The van der Waals surface area contributed by atoms with Crippen molar-refractivity contribution in [2.24, 2.45) is 0 Å². The van der Waals surface area contributed by atoms with Gasteiger partial charge in [0.25, 0.3) is 11.8 Å². The van der Waals surface area contributed by atoms with E-state index in [0.29, 0.717) is 32.0 Å². The fraction of sp³-hybridized carbons (Fsp3) is 0.565. The van der Waals surface area contributed by atoms with Crippen molar-refractivity contribution in [2.75, 3.05) is 60.1 Å². The number of carbonyl (C=O) groups excluding carboxylic acids is 4. The molecule has 1 fully saturated rings. The number of imide groups is 1. The van der Waals surface area contributed by atoms with Gasteiger partial charge in [-0.05, 0) is 6.42 Å². The summed E-state index contributed by atoms with van der Waals surface area (Å²) in [5, 5.41) is 13.6. The smallest absolute Gasteiger partial charge is 0.259 e. The second kappa shape index (κ2) is 14.1. The maximum Gasteiger partial charge on any atom is 0.259 e. The molecule has 1 unspecified atom stereocenters. The first-order valence-electron chi connectivity index (χ1n) is 11.6. The molecular weight excluding hydrogens is 514 g/mol. The van der Waals surface area contributed by atoms with E-state index < -0.39 is 23.8 Å². The van der Waals surface area contributed by atoms with Crippen LogP contribution in [0.2, 0.25) is 5.02 Å². The van der Waals surface area contributed by atoms with Gasteiger partial charge in [-0.1, -0.05) is 11.6 Å². The molecule has 0 bridgehead atoms. The van der Waals surface area contributed by atoms with Crippen molar-refractivity contribution < 1.29 is 48.0 Å². The molecule has 0 radical (unpaired) electrons. The number of halogens is 1. The molecular formula is C23H30ClN3O10. The number of nitrogens with zero attached hydrogens (tertiary/aromatic N) is 1. The lowest BCUT2D eigenvalue weighted by Crippen LogP contribution is -2.52. The Morgan fingerprint density at radius 3 is 2.54 bits per heavy atom. The zero-order chi connectivity index (χ0) is 26.8. The molecule has 3 rings (SSSR count). The molecule has 3 N–H and O–H groups in total. The monoisotopic (exact) mass is 543 g/mol. The zero-order valence-electron chi connectivity index (χ0n) is 20.4. The average molecular weight is 544 g/mol. The van der Waals surface area contributed by atoms with Crippen LogP contribution in [0, 0.1) is 0 Å². The fourth-order valence-electron chi connectivity index (χ4n) is 3.92. The molecule has 0 spiro atoms. The van der Waals surface area contributed by atoms with Crippen LogP contribution in [0.25, 0.3) is 0 Å². The van der Waals surface area contributed by atoms with Crippen molar-refractivity contribution in [3.8, 4) is 11.5 Å². The summed E-state index contributed by atoms with van der Waals surface area (Å²) >= 11 is 6.41. The van der Waals surface area contributed by atoms with Crippen LogP contribution in [-0.4, -0.2) is 99.8 Å². The zero-order valence-corrected chi connectivity index (χ0v) is 21.1. The predicted octanol–water partition coefficient (Wildman–Crippen LogP) is -0.396. The summed E-state index contributed by atoms with van der Waals surface area (Å²) in [6.45, 7) is 1.20. The minimum atomic E-state index is -0.803. The number of hydrogen-bond donors (Lipinski definition) is 3. The Kier molecular flexibility index (Phi) is 10.9. The van der Waals surface area contributed by atoms with Gasteiger partial charge in [0.05, 0.1) is 50.7 Å². The number of benzene rings is 1. The summed E-state index contributed by atoms with van der Waals surface area (Å²) in [5.41, 5.74) is 0.640. The Bertz CT molecular complexity index is 1010. The Morgan fingerprint density at radius 2 is 1.86 bits per heavy atom. The number of nitrogens with one attached hydrogen (secondary N) is 2. The van der Waals surface area contributed by atoms with E-state index in [4.69, 9.17) is 40.4 Å². The van der Waals surface area contributed by atoms with Crippen molar-refractivity contribution in [3.05, 3.63) is 22.2 Å². The van der Waals surface area contributed by atoms with Gasteiger partial charge in [0.2, 0.25) is 11.8 Å². The first kappa shape index (κ1) is 28.6. The third kappa shape index (κ3) is 7.52. The van der Waals surface area contributed by atoms with E-state index in [1.54, 1.807) is 0 Å². The number of methoxy groups -OCH3 is 1. The highest BCUT2D eigenvalue weighted by molar-refractivity contribution is 6.32. The molecule has 204 valence electrons. The van der Waals surface area contributed by atoms with Crippen LogP contribution < -0.4 is 20.1 Å². The molecule has 2 aliphatic rings. The molecule has 4 amide bonds. The molecule has 0 saturated carbocycles. The van der Waals surface area contributed by atoms with Crippen molar-refractivity contribution in [1.29, 1.82) is 0 Å². The number of piperidine rings is 1. The molecule has 2 heterocycles.